The summed E-state index contributed by atoms with van der Waals surface area (Å²) in [5, 5.41) is 8.88. The molecule has 1 saturated carbocycles. The summed E-state index contributed by atoms with van der Waals surface area (Å²) in [5.41, 5.74) is 8.18. The number of rotatable bonds is 5. The van der Waals surface area contributed by atoms with Gasteiger partial charge in [-0.15, -0.1) is 5.92 Å². The second kappa shape index (κ2) is 8.06. The second-order valence-electron chi connectivity index (χ2n) is 8.11. The summed E-state index contributed by atoms with van der Waals surface area (Å²) < 4.78 is 7.01. The molecule has 0 amide bonds. The van der Waals surface area contributed by atoms with Gasteiger partial charge in [0, 0.05) is 24.2 Å². The number of nitrogens with two attached hydrogens (primary N) is 1. The van der Waals surface area contributed by atoms with E-state index < -0.39 is 0 Å². The normalized spacial score (nSPS) is 14.0. The molecule has 3 N–H and O–H groups in total. The lowest BCUT2D eigenvalue weighted by atomic mass is 10.0. The summed E-state index contributed by atoms with van der Waals surface area (Å²) in [5.74, 6) is 7.40. The predicted molar refractivity (Wildman–Crippen MR) is 126 cm³/mol. The summed E-state index contributed by atoms with van der Waals surface area (Å²) in [6.45, 7) is 5.46. The Kier molecular flexibility index (Phi) is 5.05. The molecular formula is C24H23N7O2. The zero-order valence-corrected chi connectivity index (χ0v) is 18.6. The van der Waals surface area contributed by atoms with Crippen molar-refractivity contribution in [3.8, 4) is 23.2 Å². The lowest BCUT2D eigenvalue weighted by Crippen LogP contribution is -2.27. The van der Waals surface area contributed by atoms with Crippen molar-refractivity contribution < 1.29 is 4.52 Å². The van der Waals surface area contributed by atoms with Crippen LogP contribution in [0.3, 0.4) is 0 Å². The van der Waals surface area contributed by atoms with Gasteiger partial charge >= 0.3 is 0 Å². The number of hydrogen-bond acceptors (Lipinski definition) is 8. The van der Waals surface area contributed by atoms with Crippen LogP contribution in [0.25, 0.3) is 22.2 Å². The van der Waals surface area contributed by atoms with Gasteiger partial charge in [0.25, 0.3) is 5.56 Å². The number of fused-ring (bicyclic) bond motifs is 1. The average Bonchev–Trinajstić information content (AvgIpc) is 3.54. The van der Waals surface area contributed by atoms with Crippen LogP contribution in [0.5, 0.6) is 0 Å². The first-order chi connectivity index (χ1) is 16.0. The summed E-state index contributed by atoms with van der Waals surface area (Å²) in [7, 11) is 0. The molecule has 0 saturated heterocycles. The fourth-order valence-electron chi connectivity index (χ4n) is 4.09. The number of pyridine rings is 1. The maximum Gasteiger partial charge on any atom is 0.260 e. The van der Waals surface area contributed by atoms with E-state index in [4.69, 9.17) is 10.3 Å². The SMILES string of the molecule is CC#Cc1cccc2cc(C(C)Nc3ncnc(N)c3-c3noc(C)n3)n(C3CC3)c(=O)c12. The predicted octanol–water partition coefficient (Wildman–Crippen LogP) is 3.61. The van der Waals surface area contributed by atoms with Crippen LogP contribution in [0.15, 0.2) is 39.9 Å². The van der Waals surface area contributed by atoms with Crippen LogP contribution in [-0.4, -0.2) is 24.7 Å². The van der Waals surface area contributed by atoms with Crippen molar-refractivity contribution in [1.29, 1.82) is 0 Å². The second-order valence-corrected chi connectivity index (χ2v) is 8.11. The van der Waals surface area contributed by atoms with Gasteiger partial charge in [0.2, 0.25) is 11.7 Å². The van der Waals surface area contributed by atoms with Crippen molar-refractivity contribution in [2.45, 2.75) is 45.7 Å². The highest BCUT2D eigenvalue weighted by Crippen LogP contribution is 2.38. The quantitative estimate of drug-likeness (QED) is 0.450. The smallest absolute Gasteiger partial charge is 0.260 e. The van der Waals surface area contributed by atoms with Gasteiger partial charge in [-0.05, 0) is 44.2 Å². The van der Waals surface area contributed by atoms with Crippen LogP contribution in [0.4, 0.5) is 11.6 Å². The number of aryl methyl sites for hydroxylation is 1. The number of nitrogen functional groups attached to an aromatic ring is 1. The fourth-order valence-corrected chi connectivity index (χ4v) is 4.09. The van der Waals surface area contributed by atoms with E-state index >= 15 is 0 Å². The van der Waals surface area contributed by atoms with Crippen molar-refractivity contribution in [1.82, 2.24) is 24.7 Å². The molecule has 166 valence electrons. The van der Waals surface area contributed by atoms with Gasteiger partial charge in [-0.2, -0.15) is 4.98 Å². The van der Waals surface area contributed by atoms with Gasteiger partial charge in [-0.25, -0.2) is 9.97 Å². The fraction of sp³-hybridized carbons (Fsp3) is 0.292. The topological polar surface area (TPSA) is 125 Å². The molecule has 0 aliphatic heterocycles. The van der Waals surface area contributed by atoms with Crippen LogP contribution in [0.2, 0.25) is 0 Å². The van der Waals surface area contributed by atoms with Crippen molar-refractivity contribution >= 4 is 22.4 Å². The van der Waals surface area contributed by atoms with E-state index in [9.17, 15) is 4.79 Å². The summed E-state index contributed by atoms with van der Waals surface area (Å²) in [6, 6.07) is 7.73. The van der Waals surface area contributed by atoms with E-state index in [1.165, 1.54) is 6.33 Å². The van der Waals surface area contributed by atoms with Crippen molar-refractivity contribution in [3.05, 3.63) is 58.1 Å². The Balaban J connectivity index is 1.63. The molecule has 9 heteroatoms. The first-order valence-electron chi connectivity index (χ1n) is 10.8. The van der Waals surface area contributed by atoms with Gasteiger partial charge in [0.05, 0.1) is 11.4 Å². The van der Waals surface area contributed by atoms with E-state index in [0.717, 1.165) is 29.5 Å². The molecule has 0 radical (unpaired) electrons. The van der Waals surface area contributed by atoms with E-state index in [1.54, 1.807) is 13.8 Å². The Morgan fingerprint density at radius 1 is 1.30 bits per heavy atom. The Morgan fingerprint density at radius 3 is 2.82 bits per heavy atom. The maximum atomic E-state index is 13.6. The molecule has 0 bridgehead atoms. The van der Waals surface area contributed by atoms with E-state index in [1.807, 2.05) is 29.7 Å². The van der Waals surface area contributed by atoms with E-state index in [2.05, 4.69) is 43.3 Å². The number of anilines is 2. The monoisotopic (exact) mass is 441 g/mol. The highest BCUT2D eigenvalue weighted by Gasteiger charge is 2.30. The first kappa shape index (κ1) is 20.7. The zero-order chi connectivity index (χ0) is 23.1. The largest absolute Gasteiger partial charge is 0.383 e. The van der Waals surface area contributed by atoms with Gasteiger partial charge < -0.3 is 20.1 Å². The van der Waals surface area contributed by atoms with Crippen molar-refractivity contribution in [2.75, 3.05) is 11.1 Å². The van der Waals surface area contributed by atoms with Crippen molar-refractivity contribution in [3.63, 3.8) is 0 Å². The lowest BCUT2D eigenvalue weighted by Gasteiger charge is -2.22. The molecule has 1 aliphatic carbocycles. The molecule has 1 fully saturated rings. The molecule has 1 aliphatic rings. The third-order valence-corrected chi connectivity index (χ3v) is 5.71. The molecule has 33 heavy (non-hydrogen) atoms. The summed E-state index contributed by atoms with van der Waals surface area (Å²) in [6.07, 6.45) is 3.33. The van der Waals surface area contributed by atoms with E-state index in [0.29, 0.717) is 28.5 Å². The Labute approximate surface area is 190 Å². The Hall–Kier alpha value is -4.19. The zero-order valence-electron chi connectivity index (χ0n) is 18.6. The Morgan fingerprint density at radius 2 is 2.12 bits per heavy atom. The highest BCUT2D eigenvalue weighted by atomic mass is 16.5. The molecule has 0 spiro atoms. The van der Waals surface area contributed by atoms with Crippen LogP contribution < -0.4 is 16.6 Å². The third kappa shape index (κ3) is 3.69. The standard InChI is InChI=1S/C24H23N7O2/c1-4-6-15-7-5-8-16-11-18(31(17-9-10-17)24(32)19(15)16)13(2)28-22-20(21(25)26-12-27-22)23-29-14(3)33-30-23/h5,7-8,11-13,17H,9-10H2,1-3H3,(H3,25,26,27,28). The average molecular weight is 441 g/mol. The lowest BCUT2D eigenvalue weighted by molar-refractivity contribution is 0.394. The molecule has 1 unspecified atom stereocenters. The Bertz CT molecular complexity index is 1490. The third-order valence-electron chi connectivity index (χ3n) is 5.71. The van der Waals surface area contributed by atoms with E-state index in [-0.39, 0.29) is 23.5 Å². The minimum absolute atomic E-state index is 0.0202. The van der Waals surface area contributed by atoms with Crippen LogP contribution in [0.1, 0.15) is 55.9 Å². The molecule has 3 heterocycles. The molecular weight excluding hydrogens is 418 g/mol. The number of nitrogens with zero attached hydrogens (tertiary/aromatic N) is 5. The number of nitrogens with one attached hydrogen (secondary N) is 1. The maximum absolute atomic E-state index is 13.6. The molecule has 1 atom stereocenters. The van der Waals surface area contributed by atoms with Gasteiger partial charge in [-0.3, -0.25) is 4.79 Å². The van der Waals surface area contributed by atoms with Gasteiger partial charge in [0.1, 0.15) is 23.5 Å². The summed E-state index contributed by atoms with van der Waals surface area (Å²) >= 11 is 0. The van der Waals surface area contributed by atoms with Crippen molar-refractivity contribution in [2.24, 2.45) is 0 Å². The van der Waals surface area contributed by atoms with Crippen LogP contribution >= 0.6 is 0 Å². The van der Waals surface area contributed by atoms with Crippen LogP contribution in [0, 0.1) is 18.8 Å². The molecule has 4 aromatic rings. The number of hydrogen-bond donors (Lipinski definition) is 2. The summed E-state index contributed by atoms with van der Waals surface area (Å²) in [4.78, 5) is 26.3. The van der Waals surface area contributed by atoms with Gasteiger partial charge in [-0.1, -0.05) is 23.2 Å². The number of benzene rings is 1. The first-order valence-corrected chi connectivity index (χ1v) is 10.8. The van der Waals surface area contributed by atoms with Gasteiger partial charge in [0.15, 0.2) is 0 Å². The highest BCUT2D eigenvalue weighted by molar-refractivity contribution is 5.88. The molecule has 5 rings (SSSR count). The minimum atomic E-state index is -0.260. The number of aromatic nitrogens is 5. The van der Waals surface area contributed by atoms with Crippen LogP contribution in [-0.2, 0) is 0 Å². The molecule has 1 aromatic carbocycles. The molecule has 3 aromatic heterocycles. The molecule has 9 nitrogen and oxygen atoms in total. The minimum Gasteiger partial charge on any atom is -0.383 e.